The summed E-state index contributed by atoms with van der Waals surface area (Å²) in [5, 5.41) is 3.23. The van der Waals surface area contributed by atoms with Gasteiger partial charge in [0.1, 0.15) is 18.0 Å². The monoisotopic (exact) mass is 249 g/mol. The lowest BCUT2D eigenvalue weighted by molar-refractivity contribution is 0.258. The number of anilines is 2. The molecule has 0 spiro atoms. The number of hydrogen-bond donors (Lipinski definition) is 1. The van der Waals surface area contributed by atoms with E-state index in [1.807, 2.05) is 6.07 Å². The van der Waals surface area contributed by atoms with E-state index in [0.29, 0.717) is 0 Å². The normalized spacial score (nSPS) is 16.9. The fourth-order valence-corrected chi connectivity index (χ4v) is 2.31. The van der Waals surface area contributed by atoms with Crippen LogP contribution in [0.5, 0.6) is 0 Å². The highest BCUT2D eigenvalue weighted by molar-refractivity contribution is 5.48. The van der Waals surface area contributed by atoms with Crippen molar-refractivity contribution in [1.82, 2.24) is 14.9 Å². The van der Waals surface area contributed by atoms with E-state index in [0.717, 1.165) is 44.4 Å². The molecule has 0 bridgehead atoms. The zero-order chi connectivity index (χ0) is 12.8. The minimum absolute atomic E-state index is 0.890. The zero-order valence-electron chi connectivity index (χ0n) is 11.4. The van der Waals surface area contributed by atoms with Crippen molar-refractivity contribution in [1.29, 1.82) is 0 Å². The predicted octanol–water partition coefficient (Wildman–Crippen LogP) is 1.44. The number of hydrogen-bond acceptors (Lipinski definition) is 5. The van der Waals surface area contributed by atoms with Crippen LogP contribution in [0.25, 0.3) is 0 Å². The third-order valence-electron chi connectivity index (χ3n) is 3.25. The molecule has 0 radical (unpaired) electrons. The Kier molecular flexibility index (Phi) is 4.75. The maximum atomic E-state index is 4.37. The molecule has 0 atom stereocenters. The van der Waals surface area contributed by atoms with Crippen molar-refractivity contribution in [2.24, 2.45) is 0 Å². The molecule has 0 aromatic carbocycles. The highest BCUT2D eigenvalue weighted by atomic mass is 15.3. The molecule has 0 unspecified atom stereocenters. The van der Waals surface area contributed by atoms with Crippen LogP contribution in [0.2, 0.25) is 0 Å². The first-order valence-corrected chi connectivity index (χ1v) is 6.86. The molecule has 5 nitrogen and oxygen atoms in total. The van der Waals surface area contributed by atoms with Gasteiger partial charge < -0.3 is 10.2 Å². The third kappa shape index (κ3) is 3.32. The van der Waals surface area contributed by atoms with Gasteiger partial charge >= 0.3 is 0 Å². The standard InChI is InChI=1S/C13H23N5/c1-3-5-17-6-8-18(9-7-17)13-10-12(14-4-2)15-11-16-13/h10-11H,3-9H2,1-2H3,(H,14,15,16). The summed E-state index contributed by atoms with van der Waals surface area (Å²) in [4.78, 5) is 13.4. The van der Waals surface area contributed by atoms with Crippen LogP contribution < -0.4 is 10.2 Å². The van der Waals surface area contributed by atoms with Crippen LogP contribution in [-0.2, 0) is 0 Å². The first kappa shape index (κ1) is 13.1. The number of aromatic nitrogens is 2. The van der Waals surface area contributed by atoms with Gasteiger partial charge in [-0.2, -0.15) is 0 Å². The van der Waals surface area contributed by atoms with E-state index in [2.05, 4.69) is 38.9 Å². The van der Waals surface area contributed by atoms with Gasteiger partial charge in [0.05, 0.1) is 0 Å². The topological polar surface area (TPSA) is 44.3 Å². The molecule has 5 heteroatoms. The molecule has 1 saturated heterocycles. The van der Waals surface area contributed by atoms with E-state index in [-0.39, 0.29) is 0 Å². The molecule has 1 aromatic heterocycles. The van der Waals surface area contributed by atoms with Crippen molar-refractivity contribution >= 4 is 11.6 Å². The second-order valence-electron chi connectivity index (χ2n) is 4.62. The molecular weight excluding hydrogens is 226 g/mol. The molecule has 0 saturated carbocycles. The number of piperazine rings is 1. The second kappa shape index (κ2) is 6.54. The minimum Gasteiger partial charge on any atom is -0.370 e. The van der Waals surface area contributed by atoms with E-state index in [1.165, 1.54) is 13.0 Å². The van der Waals surface area contributed by atoms with E-state index >= 15 is 0 Å². The fraction of sp³-hybridized carbons (Fsp3) is 0.692. The summed E-state index contributed by atoms with van der Waals surface area (Å²) < 4.78 is 0. The van der Waals surface area contributed by atoms with Crippen LogP contribution in [0, 0.1) is 0 Å². The Balaban J connectivity index is 1.94. The minimum atomic E-state index is 0.890. The smallest absolute Gasteiger partial charge is 0.134 e. The van der Waals surface area contributed by atoms with Crippen LogP contribution >= 0.6 is 0 Å². The second-order valence-corrected chi connectivity index (χ2v) is 4.62. The SMILES string of the molecule is CCCN1CCN(c2cc(NCC)ncn2)CC1. The quantitative estimate of drug-likeness (QED) is 0.855. The molecule has 2 heterocycles. The summed E-state index contributed by atoms with van der Waals surface area (Å²) in [7, 11) is 0. The Morgan fingerprint density at radius 2 is 1.94 bits per heavy atom. The molecule has 1 fully saturated rings. The van der Waals surface area contributed by atoms with Crippen molar-refractivity contribution in [3.63, 3.8) is 0 Å². The highest BCUT2D eigenvalue weighted by Gasteiger charge is 2.17. The van der Waals surface area contributed by atoms with E-state index in [9.17, 15) is 0 Å². The van der Waals surface area contributed by atoms with E-state index in [4.69, 9.17) is 0 Å². The maximum absolute atomic E-state index is 4.37. The Hall–Kier alpha value is -1.36. The molecule has 0 amide bonds. The molecule has 1 aliphatic heterocycles. The lowest BCUT2D eigenvalue weighted by atomic mass is 10.3. The summed E-state index contributed by atoms with van der Waals surface area (Å²) in [5.74, 6) is 1.95. The van der Waals surface area contributed by atoms with Crippen molar-refractivity contribution < 1.29 is 0 Å². The zero-order valence-corrected chi connectivity index (χ0v) is 11.4. The van der Waals surface area contributed by atoms with Crippen LogP contribution in [0.4, 0.5) is 11.6 Å². The molecular formula is C13H23N5. The highest BCUT2D eigenvalue weighted by Crippen LogP contribution is 2.16. The Morgan fingerprint density at radius 1 is 1.17 bits per heavy atom. The van der Waals surface area contributed by atoms with Gasteiger partial charge in [0, 0.05) is 38.8 Å². The summed E-state index contributed by atoms with van der Waals surface area (Å²) in [6.45, 7) is 10.8. The number of rotatable bonds is 5. The van der Waals surface area contributed by atoms with E-state index < -0.39 is 0 Å². The van der Waals surface area contributed by atoms with Gasteiger partial charge in [-0.15, -0.1) is 0 Å². The summed E-state index contributed by atoms with van der Waals surface area (Å²) in [6, 6.07) is 2.04. The summed E-state index contributed by atoms with van der Waals surface area (Å²) >= 11 is 0. The van der Waals surface area contributed by atoms with Gasteiger partial charge in [-0.25, -0.2) is 9.97 Å². The van der Waals surface area contributed by atoms with Gasteiger partial charge in [-0.1, -0.05) is 6.92 Å². The van der Waals surface area contributed by atoms with Crippen LogP contribution in [0.15, 0.2) is 12.4 Å². The largest absolute Gasteiger partial charge is 0.370 e. The van der Waals surface area contributed by atoms with Crippen molar-refractivity contribution in [3.05, 3.63) is 12.4 Å². The first-order valence-electron chi connectivity index (χ1n) is 6.86. The van der Waals surface area contributed by atoms with Gasteiger partial charge in [-0.05, 0) is 19.9 Å². The summed E-state index contributed by atoms with van der Waals surface area (Å²) in [6.07, 6.45) is 2.88. The Labute approximate surface area is 109 Å². The maximum Gasteiger partial charge on any atom is 0.134 e. The lowest BCUT2D eigenvalue weighted by Crippen LogP contribution is -2.46. The summed E-state index contributed by atoms with van der Waals surface area (Å²) in [5.41, 5.74) is 0. The molecule has 2 rings (SSSR count). The molecule has 18 heavy (non-hydrogen) atoms. The lowest BCUT2D eigenvalue weighted by Gasteiger charge is -2.35. The van der Waals surface area contributed by atoms with Gasteiger partial charge in [0.15, 0.2) is 0 Å². The van der Waals surface area contributed by atoms with Crippen molar-refractivity contribution in [3.8, 4) is 0 Å². The molecule has 100 valence electrons. The molecule has 1 aliphatic rings. The third-order valence-corrected chi connectivity index (χ3v) is 3.25. The number of nitrogens with zero attached hydrogens (tertiary/aromatic N) is 4. The number of nitrogens with one attached hydrogen (secondary N) is 1. The fourth-order valence-electron chi connectivity index (χ4n) is 2.31. The van der Waals surface area contributed by atoms with Gasteiger partial charge in [0.2, 0.25) is 0 Å². The molecule has 1 aromatic rings. The molecule has 0 aliphatic carbocycles. The van der Waals surface area contributed by atoms with Crippen molar-refractivity contribution in [2.45, 2.75) is 20.3 Å². The predicted molar refractivity (Wildman–Crippen MR) is 75.1 cm³/mol. The van der Waals surface area contributed by atoms with Crippen LogP contribution in [0.1, 0.15) is 20.3 Å². The molecule has 1 N–H and O–H groups in total. The van der Waals surface area contributed by atoms with Gasteiger partial charge in [0.25, 0.3) is 0 Å². The first-order chi connectivity index (χ1) is 8.83. The van der Waals surface area contributed by atoms with E-state index in [1.54, 1.807) is 6.33 Å². The Bertz CT molecular complexity index is 360. The van der Waals surface area contributed by atoms with Crippen LogP contribution in [-0.4, -0.2) is 54.1 Å². The Morgan fingerprint density at radius 3 is 2.61 bits per heavy atom. The van der Waals surface area contributed by atoms with Crippen LogP contribution in [0.3, 0.4) is 0 Å². The average Bonchev–Trinajstić information content (AvgIpc) is 2.41. The van der Waals surface area contributed by atoms with Crippen molar-refractivity contribution in [2.75, 3.05) is 49.5 Å². The average molecular weight is 249 g/mol. The van der Waals surface area contributed by atoms with Gasteiger partial charge in [-0.3, -0.25) is 4.90 Å².